The van der Waals surface area contributed by atoms with Crippen LogP contribution in [0.1, 0.15) is 17.0 Å². The number of benzene rings is 1. The molecule has 1 amide bonds. The van der Waals surface area contributed by atoms with Crippen LogP contribution < -0.4 is 0 Å². The molecule has 27 heavy (non-hydrogen) atoms. The Morgan fingerprint density at radius 3 is 2.74 bits per heavy atom. The van der Waals surface area contributed by atoms with Gasteiger partial charge in [-0.3, -0.25) is 19.8 Å². The fourth-order valence-electron chi connectivity index (χ4n) is 3.00. The van der Waals surface area contributed by atoms with Gasteiger partial charge in [0.05, 0.1) is 15.5 Å². The topological polar surface area (TPSA) is 68.4 Å². The molecule has 1 aromatic heterocycles. The van der Waals surface area contributed by atoms with Gasteiger partial charge in [0, 0.05) is 30.1 Å². The van der Waals surface area contributed by atoms with Crippen molar-refractivity contribution in [3.05, 3.63) is 75.0 Å². The monoisotopic (exact) mass is 399 g/mol. The second-order valence-electron chi connectivity index (χ2n) is 6.02. The van der Waals surface area contributed by atoms with Gasteiger partial charge in [0.1, 0.15) is 4.32 Å². The summed E-state index contributed by atoms with van der Waals surface area (Å²) in [5, 5.41) is 11.1. The largest absolute Gasteiger partial charge is 0.318 e. The lowest BCUT2D eigenvalue weighted by molar-refractivity contribution is -0.384. The predicted octanol–water partition coefficient (Wildman–Crippen LogP) is 4.39. The molecule has 0 atom stereocenters. The van der Waals surface area contributed by atoms with Crippen molar-refractivity contribution in [2.24, 2.45) is 0 Å². The van der Waals surface area contributed by atoms with Gasteiger partial charge < -0.3 is 4.57 Å². The highest BCUT2D eigenvalue weighted by molar-refractivity contribution is 8.26. The molecule has 1 aliphatic heterocycles. The summed E-state index contributed by atoms with van der Waals surface area (Å²) in [6.07, 6.45) is 3.46. The molecule has 6 nitrogen and oxygen atoms in total. The highest BCUT2D eigenvalue weighted by Crippen LogP contribution is 2.34. The zero-order valence-corrected chi connectivity index (χ0v) is 16.5. The van der Waals surface area contributed by atoms with E-state index in [4.69, 9.17) is 12.2 Å². The van der Waals surface area contributed by atoms with Gasteiger partial charge in [-0.1, -0.05) is 36.1 Å². The second kappa shape index (κ2) is 7.50. The summed E-state index contributed by atoms with van der Waals surface area (Å²) in [6, 6.07) is 8.43. The number of rotatable bonds is 5. The summed E-state index contributed by atoms with van der Waals surface area (Å²) < 4.78 is 2.45. The van der Waals surface area contributed by atoms with Crippen LogP contribution in [0.15, 0.2) is 47.9 Å². The van der Waals surface area contributed by atoms with Crippen molar-refractivity contribution in [2.45, 2.75) is 13.8 Å². The van der Waals surface area contributed by atoms with Crippen molar-refractivity contribution in [3.8, 4) is 5.69 Å². The Morgan fingerprint density at radius 1 is 1.33 bits per heavy atom. The fraction of sp³-hybridized carbons (Fsp3) is 0.158. The van der Waals surface area contributed by atoms with E-state index in [-0.39, 0.29) is 11.6 Å². The number of carbonyl (C=O) groups excluding carboxylic acids is 1. The standard InChI is InChI=1S/C19H17N3O3S2/c1-4-8-20-18(23)17(27-19(20)26)10-14-9-12(2)21(13(14)3)15-6-5-7-16(11-15)22(24)25/h4-7,9-11H,1,8H2,2-3H3. The molecule has 3 rings (SSSR count). The van der Waals surface area contributed by atoms with Gasteiger partial charge in [-0.15, -0.1) is 6.58 Å². The number of aromatic nitrogens is 1. The van der Waals surface area contributed by atoms with Gasteiger partial charge in [0.2, 0.25) is 0 Å². The van der Waals surface area contributed by atoms with Gasteiger partial charge in [0.25, 0.3) is 11.6 Å². The van der Waals surface area contributed by atoms with Crippen molar-refractivity contribution in [1.82, 2.24) is 9.47 Å². The van der Waals surface area contributed by atoms with E-state index in [0.717, 1.165) is 17.0 Å². The first-order valence-corrected chi connectivity index (χ1v) is 9.36. The lowest BCUT2D eigenvalue weighted by atomic mass is 10.2. The minimum Gasteiger partial charge on any atom is -0.318 e. The Kier molecular flexibility index (Phi) is 5.29. The Bertz CT molecular complexity index is 1010. The molecule has 0 spiro atoms. The van der Waals surface area contributed by atoms with E-state index < -0.39 is 4.92 Å². The van der Waals surface area contributed by atoms with Gasteiger partial charge in [-0.2, -0.15) is 0 Å². The second-order valence-corrected chi connectivity index (χ2v) is 7.70. The van der Waals surface area contributed by atoms with Crippen LogP contribution in [0.3, 0.4) is 0 Å². The van der Waals surface area contributed by atoms with Crippen LogP contribution in [-0.4, -0.2) is 31.2 Å². The van der Waals surface area contributed by atoms with Crippen molar-refractivity contribution >= 4 is 46.0 Å². The number of thioether (sulfide) groups is 1. The number of hydrogen-bond acceptors (Lipinski definition) is 5. The van der Waals surface area contributed by atoms with E-state index in [1.807, 2.05) is 36.6 Å². The summed E-state index contributed by atoms with van der Waals surface area (Å²) in [5.74, 6) is -0.134. The molecule has 0 unspecified atom stereocenters. The molecule has 0 aliphatic carbocycles. The first-order chi connectivity index (χ1) is 12.8. The van der Waals surface area contributed by atoms with Crippen LogP contribution in [0.25, 0.3) is 11.8 Å². The molecule has 1 aliphatic rings. The van der Waals surface area contributed by atoms with E-state index in [9.17, 15) is 14.9 Å². The molecule has 8 heteroatoms. The summed E-state index contributed by atoms with van der Waals surface area (Å²) in [6.45, 7) is 7.88. The number of hydrogen-bond donors (Lipinski definition) is 0. The van der Waals surface area contributed by atoms with Crippen LogP contribution in [-0.2, 0) is 4.79 Å². The van der Waals surface area contributed by atoms with E-state index in [0.29, 0.717) is 21.5 Å². The van der Waals surface area contributed by atoms with Gasteiger partial charge in [-0.05, 0) is 37.6 Å². The lowest BCUT2D eigenvalue weighted by Crippen LogP contribution is -2.27. The fourth-order valence-corrected chi connectivity index (χ4v) is 4.27. The molecule has 0 radical (unpaired) electrons. The van der Waals surface area contributed by atoms with Crippen LogP contribution in [0, 0.1) is 24.0 Å². The number of carbonyl (C=O) groups is 1. The van der Waals surface area contributed by atoms with Crippen LogP contribution in [0.4, 0.5) is 5.69 Å². The van der Waals surface area contributed by atoms with E-state index in [1.165, 1.54) is 28.8 Å². The van der Waals surface area contributed by atoms with E-state index in [2.05, 4.69) is 6.58 Å². The molecule has 138 valence electrons. The number of aryl methyl sites for hydroxylation is 1. The molecule has 1 saturated heterocycles. The number of nitro benzene ring substituents is 1. The van der Waals surface area contributed by atoms with E-state index in [1.54, 1.807) is 12.1 Å². The number of nitro groups is 1. The SMILES string of the molecule is C=CCN1C(=O)C(=Cc2cc(C)n(-c3cccc([N+](=O)[O-])c3)c2C)SC1=S. The lowest BCUT2D eigenvalue weighted by Gasteiger charge is -2.10. The number of nitrogens with zero attached hydrogens (tertiary/aromatic N) is 3. The van der Waals surface area contributed by atoms with Crippen LogP contribution in [0.5, 0.6) is 0 Å². The minimum absolute atomic E-state index is 0.0341. The average Bonchev–Trinajstić information content (AvgIpc) is 3.05. The Morgan fingerprint density at radius 2 is 2.07 bits per heavy atom. The maximum atomic E-state index is 12.5. The summed E-state index contributed by atoms with van der Waals surface area (Å²) >= 11 is 6.53. The van der Waals surface area contributed by atoms with Crippen molar-refractivity contribution < 1.29 is 9.72 Å². The Balaban J connectivity index is 2.01. The highest BCUT2D eigenvalue weighted by atomic mass is 32.2. The number of non-ortho nitro benzene ring substituents is 1. The first-order valence-electron chi connectivity index (χ1n) is 8.13. The van der Waals surface area contributed by atoms with Gasteiger partial charge in [0.15, 0.2) is 0 Å². The molecule has 0 N–H and O–H groups in total. The van der Waals surface area contributed by atoms with E-state index >= 15 is 0 Å². The highest BCUT2D eigenvalue weighted by Gasteiger charge is 2.31. The van der Waals surface area contributed by atoms with Crippen LogP contribution in [0.2, 0.25) is 0 Å². The molecule has 2 aromatic rings. The Labute approximate surface area is 166 Å². The zero-order valence-electron chi connectivity index (χ0n) is 14.8. The molecule has 2 heterocycles. The molecule has 0 saturated carbocycles. The number of amides is 1. The smallest absolute Gasteiger partial charge is 0.271 e. The van der Waals surface area contributed by atoms with Crippen molar-refractivity contribution in [2.75, 3.05) is 6.54 Å². The minimum atomic E-state index is -0.413. The van der Waals surface area contributed by atoms with Crippen molar-refractivity contribution in [3.63, 3.8) is 0 Å². The molecular formula is C19H17N3O3S2. The summed E-state index contributed by atoms with van der Waals surface area (Å²) in [7, 11) is 0. The van der Waals surface area contributed by atoms with Crippen LogP contribution >= 0.6 is 24.0 Å². The number of thiocarbonyl (C=S) groups is 1. The Hall–Kier alpha value is -2.71. The summed E-state index contributed by atoms with van der Waals surface area (Å²) in [4.78, 5) is 25.2. The molecule has 1 aromatic carbocycles. The first kappa shape index (κ1) is 19.1. The van der Waals surface area contributed by atoms with Gasteiger partial charge in [-0.25, -0.2) is 0 Å². The summed E-state index contributed by atoms with van der Waals surface area (Å²) in [5.41, 5.74) is 3.42. The third kappa shape index (κ3) is 3.58. The third-order valence-electron chi connectivity index (χ3n) is 4.24. The third-order valence-corrected chi connectivity index (χ3v) is 5.62. The zero-order chi connectivity index (χ0) is 19.7. The predicted molar refractivity (Wildman–Crippen MR) is 112 cm³/mol. The maximum Gasteiger partial charge on any atom is 0.271 e. The molecule has 0 bridgehead atoms. The molecule has 1 fully saturated rings. The maximum absolute atomic E-state index is 12.5. The van der Waals surface area contributed by atoms with Gasteiger partial charge >= 0.3 is 0 Å². The normalized spacial score (nSPS) is 15.6. The van der Waals surface area contributed by atoms with Crippen molar-refractivity contribution in [1.29, 1.82) is 0 Å². The molecular weight excluding hydrogens is 382 g/mol. The average molecular weight is 399 g/mol. The quantitative estimate of drug-likeness (QED) is 0.245.